The van der Waals surface area contributed by atoms with Crippen molar-refractivity contribution < 1.29 is 0 Å². The number of nitrogens with two attached hydrogens (primary N) is 1. The van der Waals surface area contributed by atoms with Crippen LogP contribution < -0.4 is 5.73 Å². The third-order valence-corrected chi connectivity index (χ3v) is 4.09. The van der Waals surface area contributed by atoms with Crippen molar-refractivity contribution in [1.82, 2.24) is 0 Å². The van der Waals surface area contributed by atoms with Gasteiger partial charge in [0.2, 0.25) is 0 Å². The molecule has 1 heteroatoms. The van der Waals surface area contributed by atoms with Crippen LogP contribution in [0.15, 0.2) is 0 Å². The van der Waals surface area contributed by atoms with Gasteiger partial charge in [-0.15, -0.1) is 0 Å². The molecule has 0 aliphatic carbocycles. The highest BCUT2D eigenvalue weighted by Gasteiger charge is 2.17. The molecular weight excluding hydrogens is 242 g/mol. The zero-order valence-electron chi connectivity index (χ0n) is 15.0. The van der Waals surface area contributed by atoms with E-state index >= 15 is 0 Å². The van der Waals surface area contributed by atoms with Gasteiger partial charge in [0, 0.05) is 6.04 Å². The summed E-state index contributed by atoms with van der Waals surface area (Å²) in [5.74, 6) is 0.763. The second-order valence-corrected chi connectivity index (χ2v) is 8.13. The normalized spacial score (nSPS) is 15.3. The van der Waals surface area contributed by atoms with E-state index in [9.17, 15) is 0 Å². The van der Waals surface area contributed by atoms with Crippen LogP contribution in [-0.4, -0.2) is 6.04 Å². The minimum atomic E-state index is 0.424. The molecule has 0 aromatic heterocycles. The van der Waals surface area contributed by atoms with Crippen molar-refractivity contribution in [3.05, 3.63) is 0 Å². The van der Waals surface area contributed by atoms with Crippen molar-refractivity contribution >= 4 is 0 Å². The first kappa shape index (κ1) is 20.0. The zero-order valence-corrected chi connectivity index (χ0v) is 15.0. The molecule has 2 unspecified atom stereocenters. The molecule has 122 valence electrons. The van der Waals surface area contributed by atoms with Gasteiger partial charge in [-0.2, -0.15) is 0 Å². The Morgan fingerprint density at radius 3 is 1.85 bits per heavy atom. The lowest BCUT2D eigenvalue weighted by Gasteiger charge is -2.25. The van der Waals surface area contributed by atoms with Gasteiger partial charge >= 0.3 is 0 Å². The van der Waals surface area contributed by atoms with E-state index in [1.54, 1.807) is 0 Å². The summed E-state index contributed by atoms with van der Waals surface area (Å²) in [6.45, 7) is 11.6. The number of rotatable bonds is 12. The quantitative estimate of drug-likeness (QED) is 0.417. The average Bonchev–Trinajstić information content (AvgIpc) is 2.30. The second kappa shape index (κ2) is 11.6. The van der Waals surface area contributed by atoms with Crippen LogP contribution in [0.2, 0.25) is 0 Å². The molecule has 0 aliphatic heterocycles. The first-order valence-corrected chi connectivity index (χ1v) is 9.10. The fourth-order valence-corrected chi connectivity index (χ4v) is 3.30. The van der Waals surface area contributed by atoms with Crippen LogP contribution >= 0.6 is 0 Å². The maximum Gasteiger partial charge on any atom is 0.00413 e. The third-order valence-electron chi connectivity index (χ3n) is 4.09. The molecule has 0 aromatic rings. The Morgan fingerprint density at radius 2 is 1.35 bits per heavy atom. The molecule has 0 heterocycles. The Hall–Kier alpha value is -0.0400. The smallest absolute Gasteiger partial charge is 0.00413 e. The van der Waals surface area contributed by atoms with Crippen molar-refractivity contribution in [2.45, 2.75) is 111 Å². The molecule has 0 radical (unpaired) electrons. The van der Waals surface area contributed by atoms with Crippen LogP contribution in [-0.2, 0) is 0 Å². The molecule has 0 spiro atoms. The van der Waals surface area contributed by atoms with Crippen molar-refractivity contribution in [2.24, 2.45) is 17.1 Å². The van der Waals surface area contributed by atoms with Crippen molar-refractivity contribution in [3.63, 3.8) is 0 Å². The zero-order chi connectivity index (χ0) is 15.4. The summed E-state index contributed by atoms with van der Waals surface area (Å²) in [5.41, 5.74) is 6.72. The van der Waals surface area contributed by atoms with Gasteiger partial charge in [-0.05, 0) is 30.6 Å². The molecule has 0 fully saturated rings. The minimum absolute atomic E-state index is 0.424. The first-order valence-electron chi connectivity index (χ1n) is 9.10. The van der Waals surface area contributed by atoms with Crippen LogP contribution in [0.1, 0.15) is 105 Å². The van der Waals surface area contributed by atoms with Gasteiger partial charge in [0.1, 0.15) is 0 Å². The summed E-state index contributed by atoms with van der Waals surface area (Å²) in [6.07, 6.45) is 14.9. The summed E-state index contributed by atoms with van der Waals surface area (Å²) >= 11 is 0. The molecule has 0 aromatic carbocycles. The van der Waals surface area contributed by atoms with Gasteiger partial charge < -0.3 is 5.73 Å². The molecule has 0 bridgehead atoms. The minimum Gasteiger partial charge on any atom is -0.328 e. The predicted octanol–water partition coefficient (Wildman–Crippen LogP) is 6.31. The van der Waals surface area contributed by atoms with Crippen LogP contribution in [0.5, 0.6) is 0 Å². The molecule has 0 aliphatic rings. The van der Waals surface area contributed by atoms with E-state index in [0.717, 1.165) is 5.92 Å². The Labute approximate surface area is 129 Å². The number of hydrogen-bond donors (Lipinski definition) is 1. The van der Waals surface area contributed by atoms with Gasteiger partial charge in [-0.25, -0.2) is 0 Å². The molecule has 0 rings (SSSR count). The van der Waals surface area contributed by atoms with Gasteiger partial charge in [0.25, 0.3) is 0 Å². The lowest BCUT2D eigenvalue weighted by atomic mass is 9.82. The molecule has 0 amide bonds. The summed E-state index contributed by atoms with van der Waals surface area (Å²) < 4.78 is 0. The molecule has 0 saturated heterocycles. The highest BCUT2D eigenvalue weighted by Crippen LogP contribution is 2.27. The molecule has 1 nitrogen and oxygen atoms in total. The molecule has 20 heavy (non-hydrogen) atoms. The fourth-order valence-electron chi connectivity index (χ4n) is 3.30. The lowest BCUT2D eigenvalue weighted by molar-refractivity contribution is 0.281. The maximum absolute atomic E-state index is 6.27. The van der Waals surface area contributed by atoms with E-state index in [4.69, 9.17) is 5.73 Å². The summed E-state index contributed by atoms with van der Waals surface area (Å²) in [6, 6.07) is 0.424. The molecule has 2 atom stereocenters. The Balaban J connectivity index is 3.42. The van der Waals surface area contributed by atoms with E-state index in [2.05, 4.69) is 34.6 Å². The number of unbranched alkanes of at least 4 members (excludes halogenated alkanes) is 7. The monoisotopic (exact) mass is 283 g/mol. The van der Waals surface area contributed by atoms with Crippen molar-refractivity contribution in [2.75, 3.05) is 0 Å². The van der Waals surface area contributed by atoms with Crippen molar-refractivity contribution in [1.29, 1.82) is 0 Å². The van der Waals surface area contributed by atoms with Crippen LogP contribution in [0.25, 0.3) is 0 Å². The average molecular weight is 284 g/mol. The van der Waals surface area contributed by atoms with Gasteiger partial charge in [-0.3, -0.25) is 0 Å². The summed E-state index contributed by atoms with van der Waals surface area (Å²) in [5, 5.41) is 0. The van der Waals surface area contributed by atoms with E-state index < -0.39 is 0 Å². The highest BCUT2D eigenvalue weighted by atomic mass is 14.6. The second-order valence-electron chi connectivity index (χ2n) is 8.13. The largest absolute Gasteiger partial charge is 0.328 e. The van der Waals surface area contributed by atoms with Crippen LogP contribution in [0.4, 0.5) is 0 Å². The van der Waals surface area contributed by atoms with Crippen LogP contribution in [0.3, 0.4) is 0 Å². The standard InChI is InChI=1S/C19H41N/c1-6-7-8-9-10-11-12-13-14-18(20)15-17(2)16-19(3,4)5/h17-18H,6-16,20H2,1-5H3. The summed E-state index contributed by atoms with van der Waals surface area (Å²) in [4.78, 5) is 0. The van der Waals surface area contributed by atoms with Gasteiger partial charge in [0.05, 0.1) is 0 Å². The topological polar surface area (TPSA) is 26.0 Å². The Morgan fingerprint density at radius 1 is 0.850 bits per heavy atom. The van der Waals surface area contributed by atoms with Gasteiger partial charge in [0.15, 0.2) is 0 Å². The van der Waals surface area contributed by atoms with Crippen molar-refractivity contribution in [3.8, 4) is 0 Å². The van der Waals surface area contributed by atoms with E-state index in [1.165, 1.54) is 70.6 Å². The van der Waals surface area contributed by atoms with Gasteiger partial charge in [-0.1, -0.05) is 86.0 Å². The summed E-state index contributed by atoms with van der Waals surface area (Å²) in [7, 11) is 0. The highest BCUT2D eigenvalue weighted by molar-refractivity contribution is 4.71. The molecule has 0 saturated carbocycles. The SMILES string of the molecule is CCCCCCCCCCC(N)CC(C)CC(C)(C)C. The van der Waals surface area contributed by atoms with E-state index in [1.807, 2.05) is 0 Å². The van der Waals surface area contributed by atoms with Crippen LogP contribution in [0, 0.1) is 11.3 Å². The third kappa shape index (κ3) is 14.4. The molecular formula is C19H41N. The fraction of sp³-hybridized carbons (Fsp3) is 1.00. The van der Waals surface area contributed by atoms with E-state index in [0.29, 0.717) is 11.5 Å². The molecule has 2 N–H and O–H groups in total. The predicted molar refractivity (Wildman–Crippen MR) is 93.1 cm³/mol. The number of hydrogen-bond acceptors (Lipinski definition) is 1. The maximum atomic E-state index is 6.27. The Bertz CT molecular complexity index is 204. The first-order chi connectivity index (χ1) is 9.35. The van der Waals surface area contributed by atoms with E-state index in [-0.39, 0.29) is 0 Å². The lowest BCUT2D eigenvalue weighted by Crippen LogP contribution is -2.24. The Kier molecular flexibility index (Phi) is 11.6.